The van der Waals surface area contributed by atoms with E-state index in [1.165, 1.54) is 7.11 Å². The Morgan fingerprint density at radius 1 is 1.65 bits per heavy atom. The average Bonchev–Trinajstić information content (AvgIpc) is 2.91. The fraction of sp³-hybridized carbons (Fsp3) is 0.273. The molecule has 0 radical (unpaired) electrons. The molecule has 0 aromatic carbocycles. The van der Waals surface area contributed by atoms with Gasteiger partial charge in [-0.15, -0.1) is 0 Å². The van der Waals surface area contributed by atoms with Gasteiger partial charge in [0.1, 0.15) is 11.6 Å². The third-order valence-electron chi connectivity index (χ3n) is 2.50. The normalized spacial score (nSPS) is 10.5. The van der Waals surface area contributed by atoms with E-state index in [1.54, 1.807) is 24.0 Å². The minimum absolute atomic E-state index is 0.147. The van der Waals surface area contributed by atoms with Gasteiger partial charge in [0.05, 0.1) is 26.2 Å². The van der Waals surface area contributed by atoms with Gasteiger partial charge in [0.15, 0.2) is 5.69 Å². The summed E-state index contributed by atoms with van der Waals surface area (Å²) in [6.45, 7) is 2.29. The third-order valence-corrected chi connectivity index (χ3v) is 2.50. The second-order valence-corrected chi connectivity index (χ2v) is 3.60. The number of carbonyl (C=O) groups excluding carboxylic acids is 1. The predicted octanol–water partition coefficient (Wildman–Crippen LogP) is 1.20. The second kappa shape index (κ2) is 4.32. The van der Waals surface area contributed by atoms with Gasteiger partial charge in [-0.2, -0.15) is 0 Å². The van der Waals surface area contributed by atoms with Crippen molar-refractivity contribution in [3.8, 4) is 0 Å². The number of rotatable bonds is 3. The van der Waals surface area contributed by atoms with E-state index < -0.39 is 5.97 Å². The van der Waals surface area contributed by atoms with Gasteiger partial charge in [-0.05, 0) is 13.0 Å². The molecule has 90 valence electrons. The van der Waals surface area contributed by atoms with Crippen LogP contribution in [0.1, 0.15) is 21.9 Å². The largest absolute Gasteiger partial charge is 0.472 e. The molecule has 0 aliphatic carbocycles. The number of ether oxygens (including phenoxy) is 1. The van der Waals surface area contributed by atoms with Gasteiger partial charge in [0.2, 0.25) is 0 Å². The van der Waals surface area contributed by atoms with Crippen LogP contribution < -0.4 is 5.73 Å². The van der Waals surface area contributed by atoms with Crippen molar-refractivity contribution in [2.45, 2.75) is 13.5 Å². The van der Waals surface area contributed by atoms with Gasteiger partial charge < -0.3 is 19.5 Å². The number of carbonyl (C=O) groups is 1. The van der Waals surface area contributed by atoms with E-state index in [2.05, 4.69) is 9.72 Å². The number of methoxy groups -OCH3 is 1. The Balaban J connectivity index is 2.35. The first kappa shape index (κ1) is 11.3. The van der Waals surface area contributed by atoms with Gasteiger partial charge in [0.25, 0.3) is 0 Å². The molecule has 0 fully saturated rings. The summed E-state index contributed by atoms with van der Waals surface area (Å²) >= 11 is 0. The average molecular weight is 235 g/mol. The summed E-state index contributed by atoms with van der Waals surface area (Å²) in [6, 6.07) is 1.83. The van der Waals surface area contributed by atoms with Crippen LogP contribution in [0.4, 0.5) is 5.82 Å². The number of aryl methyl sites for hydroxylation is 1. The molecular weight excluding hydrogens is 222 g/mol. The van der Waals surface area contributed by atoms with E-state index in [9.17, 15) is 4.79 Å². The van der Waals surface area contributed by atoms with Crippen molar-refractivity contribution < 1.29 is 13.9 Å². The zero-order valence-corrected chi connectivity index (χ0v) is 9.64. The van der Waals surface area contributed by atoms with Crippen LogP contribution >= 0.6 is 0 Å². The maximum Gasteiger partial charge on any atom is 0.360 e. The molecule has 2 rings (SSSR count). The number of esters is 1. The molecule has 0 spiro atoms. The molecule has 2 aromatic rings. The smallest absolute Gasteiger partial charge is 0.360 e. The monoisotopic (exact) mass is 235 g/mol. The highest BCUT2D eigenvalue weighted by atomic mass is 16.5. The minimum atomic E-state index is -0.531. The summed E-state index contributed by atoms with van der Waals surface area (Å²) in [5.41, 5.74) is 6.97. The van der Waals surface area contributed by atoms with E-state index in [4.69, 9.17) is 10.2 Å². The lowest BCUT2D eigenvalue weighted by Crippen LogP contribution is -2.09. The van der Waals surface area contributed by atoms with Gasteiger partial charge in [-0.1, -0.05) is 0 Å². The maximum absolute atomic E-state index is 11.4. The molecule has 6 nitrogen and oxygen atoms in total. The van der Waals surface area contributed by atoms with Crippen LogP contribution in [0.25, 0.3) is 0 Å². The van der Waals surface area contributed by atoms with Crippen molar-refractivity contribution in [2.24, 2.45) is 0 Å². The summed E-state index contributed by atoms with van der Waals surface area (Å²) in [4.78, 5) is 15.5. The van der Waals surface area contributed by atoms with Gasteiger partial charge in [-0.3, -0.25) is 0 Å². The summed E-state index contributed by atoms with van der Waals surface area (Å²) in [5, 5.41) is 0. The first-order chi connectivity index (χ1) is 8.13. The van der Waals surface area contributed by atoms with Crippen LogP contribution in [0.15, 0.2) is 23.0 Å². The molecule has 2 aromatic heterocycles. The topological polar surface area (TPSA) is 83.3 Å². The third kappa shape index (κ3) is 2.01. The number of nitrogens with two attached hydrogens (primary N) is 1. The highest BCUT2D eigenvalue weighted by molar-refractivity contribution is 5.92. The van der Waals surface area contributed by atoms with Crippen molar-refractivity contribution >= 4 is 11.8 Å². The molecule has 0 aliphatic rings. The molecule has 0 saturated heterocycles. The van der Waals surface area contributed by atoms with Crippen LogP contribution in [0.3, 0.4) is 0 Å². The number of imidazole rings is 1. The Hall–Kier alpha value is -2.24. The Labute approximate surface area is 98.0 Å². The Bertz CT molecular complexity index is 528. The fourth-order valence-corrected chi connectivity index (χ4v) is 1.59. The highest BCUT2D eigenvalue weighted by Gasteiger charge is 2.19. The SMILES string of the molecule is COC(=O)c1nc(C)n(Cc2ccoc2)c1N. The van der Waals surface area contributed by atoms with Crippen LogP contribution in [0.2, 0.25) is 0 Å². The van der Waals surface area contributed by atoms with E-state index in [0.29, 0.717) is 18.2 Å². The zero-order chi connectivity index (χ0) is 12.4. The second-order valence-electron chi connectivity index (χ2n) is 3.60. The van der Waals surface area contributed by atoms with Crippen molar-refractivity contribution in [2.75, 3.05) is 12.8 Å². The Morgan fingerprint density at radius 3 is 3.00 bits per heavy atom. The van der Waals surface area contributed by atoms with Crippen molar-refractivity contribution in [1.29, 1.82) is 0 Å². The van der Waals surface area contributed by atoms with Crippen LogP contribution in [0, 0.1) is 6.92 Å². The molecule has 0 unspecified atom stereocenters. The number of aromatic nitrogens is 2. The molecule has 2 heterocycles. The molecule has 0 saturated carbocycles. The molecular formula is C11H13N3O3. The quantitative estimate of drug-likeness (QED) is 0.808. The molecule has 0 aliphatic heterocycles. The summed E-state index contributed by atoms with van der Waals surface area (Å²) < 4.78 is 11.3. The van der Waals surface area contributed by atoms with E-state index in [-0.39, 0.29) is 5.69 Å². The number of hydrogen-bond acceptors (Lipinski definition) is 5. The number of hydrogen-bond donors (Lipinski definition) is 1. The number of nitrogen functional groups attached to an aromatic ring is 1. The zero-order valence-electron chi connectivity index (χ0n) is 9.64. The molecule has 17 heavy (non-hydrogen) atoms. The van der Waals surface area contributed by atoms with E-state index >= 15 is 0 Å². The molecule has 0 amide bonds. The lowest BCUT2D eigenvalue weighted by molar-refractivity contribution is 0.0595. The summed E-state index contributed by atoms with van der Waals surface area (Å²) in [7, 11) is 1.30. The molecule has 6 heteroatoms. The highest BCUT2D eigenvalue weighted by Crippen LogP contribution is 2.17. The van der Waals surface area contributed by atoms with Crippen molar-refractivity contribution in [3.63, 3.8) is 0 Å². The first-order valence-electron chi connectivity index (χ1n) is 5.05. The summed E-state index contributed by atoms with van der Waals surface area (Å²) in [5.74, 6) is 0.427. The van der Waals surface area contributed by atoms with Gasteiger partial charge in [0, 0.05) is 5.56 Å². The van der Waals surface area contributed by atoms with Crippen LogP contribution in [-0.2, 0) is 11.3 Å². The Kier molecular flexibility index (Phi) is 2.86. The lowest BCUT2D eigenvalue weighted by atomic mass is 10.3. The van der Waals surface area contributed by atoms with Crippen LogP contribution in [0.5, 0.6) is 0 Å². The van der Waals surface area contributed by atoms with Gasteiger partial charge in [-0.25, -0.2) is 9.78 Å². The minimum Gasteiger partial charge on any atom is -0.472 e. The summed E-state index contributed by atoms with van der Waals surface area (Å²) in [6.07, 6.45) is 3.20. The predicted molar refractivity (Wildman–Crippen MR) is 60.5 cm³/mol. The van der Waals surface area contributed by atoms with E-state index in [0.717, 1.165) is 5.56 Å². The number of anilines is 1. The lowest BCUT2D eigenvalue weighted by Gasteiger charge is -2.05. The molecule has 2 N–H and O–H groups in total. The van der Waals surface area contributed by atoms with Crippen LogP contribution in [-0.4, -0.2) is 22.6 Å². The van der Waals surface area contributed by atoms with Crippen molar-refractivity contribution in [3.05, 3.63) is 35.7 Å². The number of furan rings is 1. The van der Waals surface area contributed by atoms with E-state index in [1.807, 2.05) is 6.07 Å². The standard InChI is InChI=1S/C11H13N3O3/c1-7-13-9(11(15)16-2)10(12)14(7)5-8-3-4-17-6-8/h3-4,6H,5,12H2,1-2H3. The Morgan fingerprint density at radius 2 is 2.41 bits per heavy atom. The number of nitrogens with zero attached hydrogens (tertiary/aromatic N) is 2. The van der Waals surface area contributed by atoms with Crippen molar-refractivity contribution in [1.82, 2.24) is 9.55 Å². The molecule has 0 bridgehead atoms. The first-order valence-corrected chi connectivity index (χ1v) is 5.05. The maximum atomic E-state index is 11.4. The molecule has 0 atom stereocenters. The van der Waals surface area contributed by atoms with Gasteiger partial charge >= 0.3 is 5.97 Å². The fourth-order valence-electron chi connectivity index (χ4n) is 1.59.